The highest BCUT2D eigenvalue weighted by Gasteiger charge is 2.22. The van der Waals surface area contributed by atoms with Crippen molar-refractivity contribution < 1.29 is 8.83 Å². The zero-order chi connectivity index (χ0) is 35.3. The highest BCUT2D eigenvalue weighted by molar-refractivity contribution is 7.25. The summed E-state index contributed by atoms with van der Waals surface area (Å²) < 4.78 is 15.9. The molecule has 3 nitrogen and oxygen atoms in total. The van der Waals surface area contributed by atoms with Crippen molar-refractivity contribution >= 4 is 114 Å². The Labute approximate surface area is 313 Å². The van der Waals surface area contributed by atoms with Gasteiger partial charge in [0.05, 0.1) is 11.1 Å². The van der Waals surface area contributed by atoms with Crippen LogP contribution in [0.3, 0.4) is 0 Å². The molecule has 0 fully saturated rings. The summed E-state index contributed by atoms with van der Waals surface area (Å²) in [6, 6.07) is 63.1. The maximum atomic E-state index is 6.71. The molecule has 0 unspecified atom stereocenters. The third-order valence-electron chi connectivity index (χ3n) is 11.0. The minimum absolute atomic E-state index is 0.866. The summed E-state index contributed by atoms with van der Waals surface area (Å²) >= 11 is 1.84. The number of benzene rings is 9. The van der Waals surface area contributed by atoms with E-state index in [0.29, 0.717) is 0 Å². The Morgan fingerprint density at radius 3 is 1.76 bits per heavy atom. The molecule has 9 aromatic carbocycles. The van der Waals surface area contributed by atoms with E-state index in [-0.39, 0.29) is 0 Å². The number of fused-ring (bicyclic) bond motifs is 13. The molecule has 0 aliphatic carbocycles. The first-order valence-electron chi connectivity index (χ1n) is 18.2. The van der Waals surface area contributed by atoms with Crippen LogP contribution in [0.4, 0.5) is 17.1 Å². The van der Waals surface area contributed by atoms with E-state index < -0.39 is 0 Å². The number of furan rings is 2. The van der Waals surface area contributed by atoms with Crippen molar-refractivity contribution in [3.63, 3.8) is 0 Å². The van der Waals surface area contributed by atoms with Crippen molar-refractivity contribution in [2.24, 2.45) is 0 Å². The zero-order valence-corrected chi connectivity index (χ0v) is 29.7. The van der Waals surface area contributed by atoms with Crippen molar-refractivity contribution in [3.05, 3.63) is 176 Å². The summed E-state index contributed by atoms with van der Waals surface area (Å²) in [6.45, 7) is 0. The Morgan fingerprint density at radius 1 is 0.389 bits per heavy atom. The molecule has 0 saturated heterocycles. The smallest absolute Gasteiger partial charge is 0.143 e. The SMILES string of the molecule is c1cc(-c2cccc3oc4c5ccccc5ccc4c23)cc(N(c2ccc3c(c2)sc2ccccc23)c2cccc3oc4c5ccccc5ccc4c23)c1. The molecule has 54 heavy (non-hydrogen) atoms. The topological polar surface area (TPSA) is 29.5 Å². The molecule has 0 aliphatic heterocycles. The van der Waals surface area contributed by atoms with Crippen LogP contribution < -0.4 is 4.90 Å². The summed E-state index contributed by atoms with van der Waals surface area (Å²) in [6.07, 6.45) is 0. The van der Waals surface area contributed by atoms with Crippen LogP contribution in [0.1, 0.15) is 0 Å². The van der Waals surface area contributed by atoms with Gasteiger partial charge in [0.1, 0.15) is 22.3 Å². The maximum absolute atomic E-state index is 6.71. The molecule has 3 aromatic heterocycles. The second-order valence-corrected chi connectivity index (χ2v) is 15.1. The Kier molecular flexibility index (Phi) is 6.21. The van der Waals surface area contributed by atoms with Gasteiger partial charge in [-0.1, -0.05) is 115 Å². The first-order valence-corrected chi connectivity index (χ1v) is 19.1. The Bertz CT molecular complexity index is 3470. The zero-order valence-electron chi connectivity index (χ0n) is 28.9. The second-order valence-electron chi connectivity index (χ2n) is 14.0. The second kappa shape index (κ2) is 11.3. The predicted octanol–water partition coefficient (Wildman–Crippen LogP) is 15.3. The van der Waals surface area contributed by atoms with E-state index in [1.807, 2.05) is 11.3 Å². The summed E-state index contributed by atoms with van der Waals surface area (Å²) in [5, 5.41) is 11.6. The number of nitrogens with zero attached hydrogens (tertiary/aromatic N) is 1. The molecule has 0 atom stereocenters. The number of hydrogen-bond acceptors (Lipinski definition) is 4. The maximum Gasteiger partial charge on any atom is 0.143 e. The lowest BCUT2D eigenvalue weighted by molar-refractivity contribution is 0.672. The van der Waals surface area contributed by atoms with Gasteiger partial charge in [-0.3, -0.25) is 0 Å². The minimum atomic E-state index is 0.866. The highest BCUT2D eigenvalue weighted by atomic mass is 32.1. The monoisotopic (exact) mass is 707 g/mol. The average Bonchev–Trinajstić information content (AvgIpc) is 3.93. The molecule has 0 saturated carbocycles. The number of anilines is 3. The van der Waals surface area contributed by atoms with E-state index in [1.165, 1.54) is 30.9 Å². The predicted molar refractivity (Wildman–Crippen MR) is 229 cm³/mol. The van der Waals surface area contributed by atoms with Crippen LogP contribution in [0.25, 0.3) is 96.7 Å². The van der Waals surface area contributed by atoms with E-state index >= 15 is 0 Å². The van der Waals surface area contributed by atoms with Crippen molar-refractivity contribution in [2.45, 2.75) is 0 Å². The lowest BCUT2D eigenvalue weighted by atomic mass is 9.97. The standard InChI is InChI=1S/C50H29NO2S/c1-3-14-36-30(10-1)22-25-40-47-35(17-8-19-43(47)52-49(36)40)32-12-7-13-33(28-32)51(34-24-27-39-38-16-5-6-21-45(38)54-46(39)29-34)42-18-9-20-44-48(42)41-26-23-31-11-2-4-15-37(31)50(41)53-44/h1-29H. The number of rotatable bonds is 4. The van der Waals surface area contributed by atoms with Crippen LogP contribution in [0.2, 0.25) is 0 Å². The van der Waals surface area contributed by atoms with Crippen LogP contribution in [0.15, 0.2) is 185 Å². The van der Waals surface area contributed by atoms with Crippen molar-refractivity contribution in [1.29, 1.82) is 0 Å². The van der Waals surface area contributed by atoms with Crippen molar-refractivity contribution in [1.82, 2.24) is 0 Å². The minimum Gasteiger partial charge on any atom is -0.455 e. The van der Waals surface area contributed by atoms with Gasteiger partial charge in [-0.05, 0) is 82.6 Å². The van der Waals surface area contributed by atoms with Crippen molar-refractivity contribution in [3.8, 4) is 11.1 Å². The number of thiophene rings is 1. The van der Waals surface area contributed by atoms with E-state index in [1.54, 1.807) is 0 Å². The fourth-order valence-corrected chi connectivity index (χ4v) is 9.75. The fraction of sp³-hybridized carbons (Fsp3) is 0. The van der Waals surface area contributed by atoms with Crippen LogP contribution in [0.5, 0.6) is 0 Å². The molecule has 0 bridgehead atoms. The first-order chi connectivity index (χ1) is 26.8. The molecule has 252 valence electrons. The third kappa shape index (κ3) is 4.29. The van der Waals surface area contributed by atoms with Gasteiger partial charge in [-0.2, -0.15) is 0 Å². The summed E-state index contributed by atoms with van der Waals surface area (Å²) in [5.41, 5.74) is 9.07. The molecule has 0 amide bonds. The molecule has 0 radical (unpaired) electrons. The van der Waals surface area contributed by atoms with Crippen LogP contribution in [-0.2, 0) is 0 Å². The molecular formula is C50H29NO2S. The van der Waals surface area contributed by atoms with Gasteiger partial charge in [0.15, 0.2) is 0 Å². The highest BCUT2D eigenvalue weighted by Crippen LogP contribution is 2.47. The normalized spacial score (nSPS) is 12.1. The van der Waals surface area contributed by atoms with E-state index in [2.05, 4.69) is 181 Å². The van der Waals surface area contributed by atoms with E-state index in [4.69, 9.17) is 8.83 Å². The quantitative estimate of drug-likeness (QED) is 0.182. The number of hydrogen-bond donors (Lipinski definition) is 0. The van der Waals surface area contributed by atoms with Crippen LogP contribution >= 0.6 is 11.3 Å². The van der Waals surface area contributed by atoms with Gasteiger partial charge in [-0.25, -0.2) is 0 Å². The van der Waals surface area contributed by atoms with Gasteiger partial charge in [-0.15, -0.1) is 11.3 Å². The van der Waals surface area contributed by atoms with E-state index in [9.17, 15) is 0 Å². The lowest BCUT2D eigenvalue weighted by Crippen LogP contribution is -2.10. The van der Waals surface area contributed by atoms with Crippen molar-refractivity contribution in [2.75, 3.05) is 4.90 Å². The molecule has 0 spiro atoms. The Morgan fingerprint density at radius 2 is 0.981 bits per heavy atom. The van der Waals surface area contributed by atoms with Crippen LogP contribution in [0, 0.1) is 0 Å². The molecule has 4 heteroatoms. The van der Waals surface area contributed by atoms with Gasteiger partial charge in [0, 0.05) is 58.5 Å². The largest absolute Gasteiger partial charge is 0.455 e. The summed E-state index contributed by atoms with van der Waals surface area (Å²) in [7, 11) is 0. The van der Waals surface area contributed by atoms with Gasteiger partial charge >= 0.3 is 0 Å². The third-order valence-corrected chi connectivity index (χ3v) is 12.2. The summed E-state index contributed by atoms with van der Waals surface area (Å²) in [4.78, 5) is 2.40. The van der Waals surface area contributed by atoms with E-state index in [0.717, 1.165) is 82.8 Å². The molecule has 0 aliphatic rings. The molecule has 12 aromatic rings. The molecular weight excluding hydrogens is 679 g/mol. The lowest BCUT2D eigenvalue weighted by Gasteiger charge is -2.27. The van der Waals surface area contributed by atoms with Gasteiger partial charge in [0.25, 0.3) is 0 Å². The average molecular weight is 708 g/mol. The Hall–Kier alpha value is -6.88. The fourth-order valence-electron chi connectivity index (χ4n) is 8.61. The van der Waals surface area contributed by atoms with Gasteiger partial charge in [0.2, 0.25) is 0 Å². The van der Waals surface area contributed by atoms with Crippen LogP contribution in [-0.4, -0.2) is 0 Å². The Balaban J connectivity index is 1.12. The molecule has 0 N–H and O–H groups in total. The van der Waals surface area contributed by atoms with Gasteiger partial charge < -0.3 is 13.7 Å². The summed E-state index contributed by atoms with van der Waals surface area (Å²) in [5.74, 6) is 0. The molecule has 3 heterocycles. The molecule has 12 rings (SSSR count). The first kappa shape index (κ1) is 29.7.